The van der Waals surface area contributed by atoms with Gasteiger partial charge in [-0.25, -0.2) is 4.39 Å². The molecule has 1 aliphatic heterocycles. The second-order valence-electron chi connectivity index (χ2n) is 8.47. The molecule has 1 unspecified atom stereocenters. The second-order valence-corrected chi connectivity index (χ2v) is 8.47. The highest BCUT2D eigenvalue weighted by molar-refractivity contribution is 5.82. The zero-order valence-electron chi connectivity index (χ0n) is 17.5. The number of pyridine rings is 1. The Morgan fingerprint density at radius 3 is 2.63 bits per heavy atom. The van der Waals surface area contributed by atoms with Gasteiger partial charge in [0, 0.05) is 31.2 Å². The van der Waals surface area contributed by atoms with E-state index in [4.69, 9.17) is 0 Å². The van der Waals surface area contributed by atoms with E-state index in [1.165, 1.54) is 0 Å². The van der Waals surface area contributed by atoms with Crippen LogP contribution < -0.4 is 0 Å². The van der Waals surface area contributed by atoms with E-state index in [9.17, 15) is 9.50 Å². The SMILES string of the molecule is CN(Cc1ccc(F)c2cccnc12)CC1CCN(CC(O)c2ccccc2)CC1. The lowest BCUT2D eigenvalue weighted by Gasteiger charge is -2.35. The Morgan fingerprint density at radius 1 is 1.10 bits per heavy atom. The van der Waals surface area contributed by atoms with Crippen molar-refractivity contribution in [2.24, 2.45) is 5.92 Å². The van der Waals surface area contributed by atoms with Crippen LogP contribution in [0.25, 0.3) is 10.9 Å². The molecule has 1 fully saturated rings. The molecule has 1 atom stereocenters. The molecule has 1 saturated heterocycles. The molecule has 0 spiro atoms. The summed E-state index contributed by atoms with van der Waals surface area (Å²) in [6, 6.07) is 16.9. The molecular formula is C25H30FN3O. The van der Waals surface area contributed by atoms with Gasteiger partial charge in [-0.2, -0.15) is 0 Å². The van der Waals surface area contributed by atoms with E-state index in [0.29, 0.717) is 17.8 Å². The van der Waals surface area contributed by atoms with Gasteiger partial charge in [-0.05, 0) is 68.2 Å². The zero-order chi connectivity index (χ0) is 20.9. The highest BCUT2D eigenvalue weighted by Gasteiger charge is 2.22. The quantitative estimate of drug-likeness (QED) is 0.636. The van der Waals surface area contributed by atoms with Gasteiger partial charge < -0.3 is 14.9 Å². The number of rotatable bonds is 7. The molecule has 1 N–H and O–H groups in total. The molecule has 158 valence electrons. The standard InChI is InChI=1S/C25H30FN3O/c1-28(17-21-9-10-23(26)22-8-5-13-27-25(21)22)16-19-11-14-29(15-12-19)18-24(30)20-6-3-2-4-7-20/h2-10,13,19,24,30H,11-12,14-18H2,1H3. The molecule has 0 aliphatic carbocycles. The summed E-state index contributed by atoms with van der Waals surface area (Å²) in [6.45, 7) is 4.51. The third-order valence-electron chi connectivity index (χ3n) is 6.13. The number of halogens is 1. The Balaban J connectivity index is 1.28. The summed E-state index contributed by atoms with van der Waals surface area (Å²) >= 11 is 0. The molecule has 0 bridgehead atoms. The van der Waals surface area contributed by atoms with Gasteiger partial charge in [0.1, 0.15) is 5.82 Å². The van der Waals surface area contributed by atoms with E-state index in [0.717, 1.165) is 55.7 Å². The molecule has 1 aliphatic rings. The van der Waals surface area contributed by atoms with Gasteiger partial charge in [-0.3, -0.25) is 4.98 Å². The normalized spacial score (nSPS) is 16.9. The molecule has 4 nitrogen and oxygen atoms in total. The first-order valence-corrected chi connectivity index (χ1v) is 10.8. The number of piperidine rings is 1. The van der Waals surface area contributed by atoms with Crippen molar-refractivity contribution in [3.63, 3.8) is 0 Å². The van der Waals surface area contributed by atoms with Gasteiger partial charge in [0.15, 0.2) is 0 Å². The largest absolute Gasteiger partial charge is 0.387 e. The fourth-order valence-electron chi connectivity index (χ4n) is 4.50. The van der Waals surface area contributed by atoms with Gasteiger partial charge in [0.2, 0.25) is 0 Å². The topological polar surface area (TPSA) is 39.6 Å². The molecule has 0 radical (unpaired) electrons. The molecular weight excluding hydrogens is 377 g/mol. The first kappa shape index (κ1) is 20.9. The lowest BCUT2D eigenvalue weighted by molar-refractivity contribution is 0.0826. The van der Waals surface area contributed by atoms with Gasteiger partial charge >= 0.3 is 0 Å². The van der Waals surface area contributed by atoms with Crippen LogP contribution in [0.1, 0.15) is 30.1 Å². The fourth-order valence-corrected chi connectivity index (χ4v) is 4.50. The molecule has 3 aromatic rings. The van der Waals surface area contributed by atoms with Crippen molar-refractivity contribution in [3.8, 4) is 0 Å². The summed E-state index contributed by atoms with van der Waals surface area (Å²) in [5.74, 6) is 0.425. The van der Waals surface area contributed by atoms with Crippen molar-refractivity contribution < 1.29 is 9.50 Å². The third kappa shape index (κ3) is 5.04. The Bertz CT molecular complexity index is 957. The Labute approximate surface area is 178 Å². The van der Waals surface area contributed by atoms with Gasteiger partial charge in [-0.15, -0.1) is 0 Å². The van der Waals surface area contributed by atoms with Gasteiger partial charge in [0.05, 0.1) is 11.6 Å². The zero-order valence-corrected chi connectivity index (χ0v) is 17.5. The summed E-state index contributed by atoms with van der Waals surface area (Å²) in [5, 5.41) is 11.1. The molecule has 1 aromatic heterocycles. The number of β-amino-alcohol motifs (C(OH)–C–C–N with tert-alkyl or cyclic N) is 1. The van der Waals surface area contributed by atoms with Crippen LogP contribution in [0, 0.1) is 11.7 Å². The van der Waals surface area contributed by atoms with Crippen LogP contribution in [0.3, 0.4) is 0 Å². The van der Waals surface area contributed by atoms with Crippen LogP contribution in [0.2, 0.25) is 0 Å². The van der Waals surface area contributed by atoms with E-state index in [2.05, 4.69) is 21.8 Å². The molecule has 30 heavy (non-hydrogen) atoms. The predicted octanol–water partition coefficient (Wildman–Crippen LogP) is 4.25. The lowest BCUT2D eigenvalue weighted by Crippen LogP contribution is -2.39. The molecule has 4 rings (SSSR count). The molecule has 0 amide bonds. The summed E-state index contributed by atoms with van der Waals surface area (Å²) < 4.78 is 14.0. The van der Waals surface area contributed by atoms with Crippen molar-refractivity contribution in [1.29, 1.82) is 0 Å². The summed E-state index contributed by atoms with van der Waals surface area (Å²) in [4.78, 5) is 9.09. The first-order valence-electron chi connectivity index (χ1n) is 10.8. The summed E-state index contributed by atoms with van der Waals surface area (Å²) in [5.41, 5.74) is 2.81. The average molecular weight is 408 g/mol. The lowest BCUT2D eigenvalue weighted by atomic mass is 9.95. The molecule has 2 heterocycles. The number of aromatic nitrogens is 1. The predicted molar refractivity (Wildman–Crippen MR) is 119 cm³/mol. The Hall–Kier alpha value is -2.34. The maximum absolute atomic E-state index is 14.0. The molecule has 5 heteroatoms. The van der Waals surface area contributed by atoms with Crippen LogP contribution in [-0.2, 0) is 6.54 Å². The van der Waals surface area contributed by atoms with E-state index >= 15 is 0 Å². The maximum Gasteiger partial charge on any atom is 0.132 e. The number of hydrogen-bond acceptors (Lipinski definition) is 4. The molecule has 2 aromatic carbocycles. The minimum absolute atomic E-state index is 0.213. The van der Waals surface area contributed by atoms with Crippen LogP contribution in [-0.4, -0.2) is 53.1 Å². The Kier molecular flexibility index (Phi) is 6.72. The van der Waals surface area contributed by atoms with Crippen LogP contribution in [0.4, 0.5) is 4.39 Å². The Morgan fingerprint density at radius 2 is 1.87 bits per heavy atom. The second kappa shape index (κ2) is 9.65. The smallest absolute Gasteiger partial charge is 0.132 e. The molecule has 0 saturated carbocycles. The van der Waals surface area contributed by atoms with Crippen LogP contribution in [0.5, 0.6) is 0 Å². The van der Waals surface area contributed by atoms with Crippen molar-refractivity contribution in [2.45, 2.75) is 25.5 Å². The first-order chi connectivity index (χ1) is 14.6. The number of aliphatic hydroxyl groups is 1. The van der Waals surface area contributed by atoms with Crippen molar-refractivity contribution in [3.05, 3.63) is 77.7 Å². The fraction of sp³-hybridized carbons (Fsp3) is 0.400. The van der Waals surface area contributed by atoms with Crippen LogP contribution in [0.15, 0.2) is 60.8 Å². The van der Waals surface area contributed by atoms with Crippen molar-refractivity contribution >= 4 is 10.9 Å². The van der Waals surface area contributed by atoms with E-state index in [1.54, 1.807) is 24.4 Å². The highest BCUT2D eigenvalue weighted by Crippen LogP contribution is 2.24. The maximum atomic E-state index is 14.0. The number of aliphatic hydroxyl groups excluding tert-OH is 1. The van der Waals surface area contributed by atoms with Crippen LogP contribution >= 0.6 is 0 Å². The highest BCUT2D eigenvalue weighted by atomic mass is 19.1. The number of hydrogen-bond donors (Lipinski definition) is 1. The van der Waals surface area contributed by atoms with E-state index < -0.39 is 6.10 Å². The summed E-state index contributed by atoms with van der Waals surface area (Å²) in [6.07, 6.45) is 3.57. The monoisotopic (exact) mass is 407 g/mol. The minimum atomic E-state index is -0.426. The third-order valence-corrected chi connectivity index (χ3v) is 6.13. The van der Waals surface area contributed by atoms with E-state index in [-0.39, 0.29) is 5.82 Å². The number of nitrogens with zero attached hydrogens (tertiary/aromatic N) is 3. The van der Waals surface area contributed by atoms with Crippen molar-refractivity contribution in [2.75, 3.05) is 33.2 Å². The number of likely N-dealkylation sites (tertiary alicyclic amines) is 1. The number of fused-ring (bicyclic) bond motifs is 1. The van der Waals surface area contributed by atoms with E-state index in [1.807, 2.05) is 36.4 Å². The summed E-state index contributed by atoms with van der Waals surface area (Å²) in [7, 11) is 2.13. The average Bonchev–Trinajstić information content (AvgIpc) is 2.78. The minimum Gasteiger partial charge on any atom is -0.387 e. The van der Waals surface area contributed by atoms with Gasteiger partial charge in [0.25, 0.3) is 0 Å². The van der Waals surface area contributed by atoms with Gasteiger partial charge in [-0.1, -0.05) is 36.4 Å². The number of benzene rings is 2. The van der Waals surface area contributed by atoms with Crippen molar-refractivity contribution in [1.82, 2.24) is 14.8 Å².